The predicted octanol–water partition coefficient (Wildman–Crippen LogP) is 3.84. The molecule has 0 fully saturated rings. The van der Waals surface area contributed by atoms with Gasteiger partial charge in [0.05, 0.1) is 11.4 Å². The van der Waals surface area contributed by atoms with Gasteiger partial charge in [0.2, 0.25) is 0 Å². The van der Waals surface area contributed by atoms with Crippen LogP contribution in [0.25, 0.3) is 0 Å². The Bertz CT molecular complexity index is 362. The van der Waals surface area contributed by atoms with Gasteiger partial charge in [0.1, 0.15) is 5.66 Å². The summed E-state index contributed by atoms with van der Waals surface area (Å²) in [6, 6.07) is 8.55. The van der Waals surface area contributed by atoms with E-state index in [4.69, 9.17) is 0 Å². The predicted molar refractivity (Wildman–Crippen MR) is 71.0 cm³/mol. The van der Waals surface area contributed by atoms with E-state index < -0.39 is 0 Å². The van der Waals surface area contributed by atoms with Gasteiger partial charge >= 0.3 is 0 Å². The monoisotopic (exact) mass is 218 g/mol. The van der Waals surface area contributed by atoms with E-state index in [2.05, 4.69) is 55.4 Å². The van der Waals surface area contributed by atoms with Gasteiger partial charge in [0.25, 0.3) is 0 Å². The standard InChI is InChI=1S/C14H22N2/c1-4-5-8-11-14(2)15-12-9-6-7-10-13(12)16(14)3/h6-7,9-10,15H,4-5,8,11H2,1-3H3. The molecule has 1 atom stereocenters. The van der Waals surface area contributed by atoms with Crippen LogP contribution in [0.4, 0.5) is 11.4 Å². The van der Waals surface area contributed by atoms with E-state index in [0.29, 0.717) is 0 Å². The summed E-state index contributed by atoms with van der Waals surface area (Å²) >= 11 is 0. The van der Waals surface area contributed by atoms with E-state index >= 15 is 0 Å². The van der Waals surface area contributed by atoms with Crippen molar-refractivity contribution in [2.24, 2.45) is 0 Å². The lowest BCUT2D eigenvalue weighted by Crippen LogP contribution is -2.45. The van der Waals surface area contributed by atoms with Gasteiger partial charge in [-0.2, -0.15) is 0 Å². The second kappa shape index (κ2) is 4.36. The molecule has 88 valence electrons. The zero-order chi connectivity index (χ0) is 11.6. The highest BCUT2D eigenvalue weighted by molar-refractivity contribution is 5.77. The van der Waals surface area contributed by atoms with E-state index in [1.165, 1.54) is 37.1 Å². The molecule has 16 heavy (non-hydrogen) atoms. The second-order valence-electron chi connectivity index (χ2n) is 4.93. The van der Waals surface area contributed by atoms with Crippen LogP contribution in [0.15, 0.2) is 24.3 Å². The highest BCUT2D eigenvalue weighted by Gasteiger charge is 2.35. The number of benzene rings is 1. The summed E-state index contributed by atoms with van der Waals surface area (Å²) in [5.41, 5.74) is 2.68. The van der Waals surface area contributed by atoms with Gasteiger partial charge in [-0.1, -0.05) is 31.9 Å². The van der Waals surface area contributed by atoms with Crippen molar-refractivity contribution in [1.29, 1.82) is 0 Å². The first-order valence-corrected chi connectivity index (χ1v) is 6.28. The van der Waals surface area contributed by atoms with Crippen molar-refractivity contribution in [3.63, 3.8) is 0 Å². The van der Waals surface area contributed by atoms with Crippen LogP contribution in [0, 0.1) is 0 Å². The minimum atomic E-state index is 0.0961. The molecule has 1 unspecified atom stereocenters. The molecule has 0 aromatic heterocycles. The number of hydrogen-bond donors (Lipinski definition) is 1. The lowest BCUT2D eigenvalue weighted by molar-refractivity contribution is 0.453. The van der Waals surface area contributed by atoms with E-state index in [-0.39, 0.29) is 5.66 Å². The maximum Gasteiger partial charge on any atom is 0.107 e. The van der Waals surface area contributed by atoms with Crippen LogP contribution in [0.3, 0.4) is 0 Å². The molecule has 1 N–H and O–H groups in total. The number of anilines is 2. The Morgan fingerprint density at radius 1 is 1.25 bits per heavy atom. The van der Waals surface area contributed by atoms with Gasteiger partial charge in [0, 0.05) is 7.05 Å². The Morgan fingerprint density at radius 2 is 2.00 bits per heavy atom. The normalized spacial score (nSPS) is 23.1. The zero-order valence-corrected chi connectivity index (χ0v) is 10.6. The Hall–Kier alpha value is -1.18. The first kappa shape index (κ1) is 11.3. The van der Waals surface area contributed by atoms with E-state index in [1.807, 2.05) is 0 Å². The summed E-state index contributed by atoms with van der Waals surface area (Å²) in [7, 11) is 2.19. The summed E-state index contributed by atoms with van der Waals surface area (Å²) in [5, 5.41) is 3.65. The van der Waals surface area contributed by atoms with Crippen LogP contribution in [-0.2, 0) is 0 Å². The summed E-state index contributed by atoms with van der Waals surface area (Å²) in [5.74, 6) is 0. The molecule has 1 aliphatic rings. The molecule has 1 aromatic carbocycles. The fraction of sp³-hybridized carbons (Fsp3) is 0.571. The van der Waals surface area contributed by atoms with E-state index in [1.54, 1.807) is 0 Å². The average molecular weight is 218 g/mol. The topological polar surface area (TPSA) is 15.3 Å². The quantitative estimate of drug-likeness (QED) is 0.772. The Balaban J connectivity index is 2.10. The number of nitrogens with zero attached hydrogens (tertiary/aromatic N) is 1. The third-order valence-electron chi connectivity index (χ3n) is 3.68. The summed E-state index contributed by atoms with van der Waals surface area (Å²) in [6.07, 6.45) is 5.10. The molecule has 0 aliphatic carbocycles. The fourth-order valence-electron chi connectivity index (χ4n) is 2.46. The van der Waals surface area contributed by atoms with Crippen LogP contribution < -0.4 is 10.2 Å². The first-order chi connectivity index (χ1) is 7.67. The van der Waals surface area contributed by atoms with Gasteiger partial charge < -0.3 is 10.2 Å². The SMILES string of the molecule is CCCCCC1(C)Nc2ccccc2N1C. The van der Waals surface area contributed by atoms with E-state index in [9.17, 15) is 0 Å². The molecule has 1 heterocycles. The fourth-order valence-corrected chi connectivity index (χ4v) is 2.46. The van der Waals surface area contributed by atoms with Gasteiger partial charge in [-0.05, 0) is 31.9 Å². The Kier molecular flexibility index (Phi) is 3.08. The zero-order valence-electron chi connectivity index (χ0n) is 10.6. The molecule has 0 saturated carbocycles. The van der Waals surface area contributed by atoms with Gasteiger partial charge in [-0.15, -0.1) is 0 Å². The van der Waals surface area contributed by atoms with Crippen LogP contribution in [-0.4, -0.2) is 12.7 Å². The number of para-hydroxylation sites is 2. The van der Waals surface area contributed by atoms with Crippen molar-refractivity contribution >= 4 is 11.4 Å². The number of hydrogen-bond acceptors (Lipinski definition) is 2. The molecular weight excluding hydrogens is 196 g/mol. The third kappa shape index (κ3) is 1.89. The molecule has 0 bridgehead atoms. The summed E-state index contributed by atoms with van der Waals surface area (Å²) in [4.78, 5) is 2.37. The minimum Gasteiger partial charge on any atom is -0.361 e. The molecule has 0 saturated heterocycles. The lowest BCUT2D eigenvalue weighted by Gasteiger charge is -2.34. The van der Waals surface area contributed by atoms with Crippen molar-refractivity contribution in [2.75, 3.05) is 17.3 Å². The van der Waals surface area contributed by atoms with Gasteiger partial charge in [-0.3, -0.25) is 0 Å². The smallest absolute Gasteiger partial charge is 0.107 e. The minimum absolute atomic E-state index is 0.0961. The van der Waals surface area contributed by atoms with Gasteiger partial charge in [-0.25, -0.2) is 0 Å². The van der Waals surface area contributed by atoms with Crippen molar-refractivity contribution in [2.45, 2.75) is 45.2 Å². The van der Waals surface area contributed by atoms with Crippen molar-refractivity contribution in [3.8, 4) is 0 Å². The van der Waals surface area contributed by atoms with Crippen LogP contribution in [0.2, 0.25) is 0 Å². The van der Waals surface area contributed by atoms with E-state index in [0.717, 1.165) is 0 Å². The average Bonchev–Trinajstić information content (AvgIpc) is 2.53. The maximum atomic E-state index is 3.65. The largest absolute Gasteiger partial charge is 0.361 e. The molecule has 0 amide bonds. The highest BCUT2D eigenvalue weighted by Crippen LogP contribution is 2.40. The van der Waals surface area contributed by atoms with Crippen molar-refractivity contribution in [3.05, 3.63) is 24.3 Å². The van der Waals surface area contributed by atoms with Crippen molar-refractivity contribution in [1.82, 2.24) is 0 Å². The molecule has 0 radical (unpaired) electrons. The van der Waals surface area contributed by atoms with Crippen LogP contribution in [0.5, 0.6) is 0 Å². The molecule has 1 aliphatic heterocycles. The molecule has 2 nitrogen and oxygen atoms in total. The summed E-state index contributed by atoms with van der Waals surface area (Å²) < 4.78 is 0. The number of unbranched alkanes of at least 4 members (excludes halogenated alkanes) is 2. The van der Waals surface area contributed by atoms with Gasteiger partial charge in [0.15, 0.2) is 0 Å². The molecule has 2 rings (SSSR count). The molecule has 2 heteroatoms. The highest BCUT2D eigenvalue weighted by atomic mass is 15.4. The van der Waals surface area contributed by atoms with Crippen LogP contribution >= 0.6 is 0 Å². The lowest BCUT2D eigenvalue weighted by atomic mass is 10.0. The Labute approximate surface area is 98.7 Å². The maximum absolute atomic E-state index is 3.65. The van der Waals surface area contributed by atoms with Crippen LogP contribution in [0.1, 0.15) is 39.5 Å². The number of rotatable bonds is 4. The Morgan fingerprint density at radius 3 is 2.69 bits per heavy atom. The number of nitrogens with one attached hydrogen (secondary N) is 1. The molecule has 0 spiro atoms. The number of fused-ring (bicyclic) bond motifs is 1. The summed E-state index contributed by atoms with van der Waals surface area (Å²) in [6.45, 7) is 4.55. The first-order valence-electron chi connectivity index (χ1n) is 6.28. The molecular formula is C14H22N2. The molecule has 1 aromatic rings. The third-order valence-corrected chi connectivity index (χ3v) is 3.68. The van der Waals surface area contributed by atoms with Crippen molar-refractivity contribution < 1.29 is 0 Å². The second-order valence-corrected chi connectivity index (χ2v) is 4.93.